The maximum atomic E-state index is 13.9. The van der Waals surface area contributed by atoms with Crippen molar-refractivity contribution in [3.05, 3.63) is 83.8 Å². The van der Waals surface area contributed by atoms with Gasteiger partial charge in [0.2, 0.25) is 0 Å². The molecule has 4 heteroatoms. The molecule has 4 rings (SSSR count). The average molecular weight is 335 g/mol. The molecule has 0 aliphatic heterocycles. The number of benzene rings is 3. The van der Waals surface area contributed by atoms with Gasteiger partial charge >= 0.3 is 0 Å². The van der Waals surface area contributed by atoms with Crippen LogP contribution in [0.5, 0.6) is 0 Å². The van der Waals surface area contributed by atoms with E-state index in [4.69, 9.17) is 11.6 Å². The van der Waals surface area contributed by atoms with Gasteiger partial charge < -0.3 is 0 Å². The fraction of sp³-hybridized carbons (Fsp3) is 0. The Bertz CT molecular complexity index is 1030. The fourth-order valence-electron chi connectivity index (χ4n) is 2.64. The van der Waals surface area contributed by atoms with Crippen molar-refractivity contribution in [2.24, 2.45) is 0 Å². The average Bonchev–Trinajstić information content (AvgIpc) is 2.62. The smallest absolute Gasteiger partial charge is 0.131 e. The fourth-order valence-corrected chi connectivity index (χ4v) is 2.81. The Hall–Kier alpha value is -2.78. The van der Waals surface area contributed by atoms with Crippen LogP contribution in [0.25, 0.3) is 33.4 Å². The summed E-state index contributed by atoms with van der Waals surface area (Å²) in [5, 5.41) is 0.638. The van der Waals surface area contributed by atoms with Gasteiger partial charge in [-0.2, -0.15) is 0 Å². The third-order valence-electron chi connectivity index (χ3n) is 3.87. The molecule has 1 aromatic heterocycles. The first-order valence-electron chi connectivity index (χ1n) is 7.48. The van der Waals surface area contributed by atoms with Crippen molar-refractivity contribution in [2.45, 2.75) is 0 Å². The SMILES string of the molecule is Fc1ccccc1-c1ccc(-c2cnc3cc(Cl)ccc3n2)cc1. The van der Waals surface area contributed by atoms with Gasteiger partial charge in [-0.15, -0.1) is 0 Å². The van der Waals surface area contributed by atoms with Crippen molar-refractivity contribution in [2.75, 3.05) is 0 Å². The lowest BCUT2D eigenvalue weighted by Crippen LogP contribution is -1.89. The van der Waals surface area contributed by atoms with E-state index in [1.54, 1.807) is 30.5 Å². The summed E-state index contributed by atoms with van der Waals surface area (Å²) in [6.07, 6.45) is 1.72. The van der Waals surface area contributed by atoms with E-state index >= 15 is 0 Å². The molecule has 0 unspecified atom stereocenters. The molecule has 24 heavy (non-hydrogen) atoms. The van der Waals surface area contributed by atoms with Crippen LogP contribution in [0.3, 0.4) is 0 Å². The minimum atomic E-state index is -0.229. The van der Waals surface area contributed by atoms with E-state index in [-0.39, 0.29) is 5.82 Å². The summed E-state index contributed by atoms with van der Waals surface area (Å²) >= 11 is 5.97. The Morgan fingerprint density at radius 3 is 2.33 bits per heavy atom. The molecule has 0 aliphatic rings. The first kappa shape index (κ1) is 14.8. The summed E-state index contributed by atoms with van der Waals surface area (Å²) in [6, 6.07) is 19.8. The van der Waals surface area contributed by atoms with Crippen molar-refractivity contribution in [3.8, 4) is 22.4 Å². The van der Waals surface area contributed by atoms with Gasteiger partial charge in [-0.25, -0.2) is 9.37 Å². The third-order valence-corrected chi connectivity index (χ3v) is 4.10. The summed E-state index contributed by atoms with van der Waals surface area (Å²) in [7, 11) is 0. The zero-order valence-corrected chi connectivity index (χ0v) is 13.3. The van der Waals surface area contributed by atoms with Gasteiger partial charge in [-0.1, -0.05) is 54.1 Å². The number of halogens is 2. The number of hydrogen-bond acceptors (Lipinski definition) is 2. The number of hydrogen-bond donors (Lipinski definition) is 0. The normalized spacial score (nSPS) is 10.9. The van der Waals surface area contributed by atoms with Gasteiger partial charge in [0.1, 0.15) is 5.82 Å². The predicted molar refractivity (Wildman–Crippen MR) is 95.4 cm³/mol. The van der Waals surface area contributed by atoms with E-state index in [0.29, 0.717) is 10.6 Å². The van der Waals surface area contributed by atoms with Gasteiger partial charge in [-0.05, 0) is 29.8 Å². The summed E-state index contributed by atoms with van der Waals surface area (Å²) in [4.78, 5) is 9.02. The molecule has 0 fully saturated rings. The third kappa shape index (κ3) is 2.74. The predicted octanol–water partition coefficient (Wildman–Crippen LogP) is 5.76. The van der Waals surface area contributed by atoms with Crippen LogP contribution in [0.4, 0.5) is 4.39 Å². The lowest BCUT2D eigenvalue weighted by molar-refractivity contribution is 0.631. The second kappa shape index (κ2) is 6.02. The first-order chi connectivity index (χ1) is 11.7. The molecule has 116 valence electrons. The van der Waals surface area contributed by atoms with Crippen LogP contribution in [0.1, 0.15) is 0 Å². The van der Waals surface area contributed by atoms with E-state index < -0.39 is 0 Å². The highest BCUT2D eigenvalue weighted by Crippen LogP contribution is 2.26. The molecular weight excluding hydrogens is 323 g/mol. The number of nitrogens with zero attached hydrogens (tertiary/aromatic N) is 2. The van der Waals surface area contributed by atoms with E-state index in [1.165, 1.54) is 6.07 Å². The van der Waals surface area contributed by atoms with E-state index in [2.05, 4.69) is 9.97 Å². The molecule has 2 nitrogen and oxygen atoms in total. The highest BCUT2D eigenvalue weighted by molar-refractivity contribution is 6.31. The highest BCUT2D eigenvalue weighted by Gasteiger charge is 2.06. The Morgan fingerprint density at radius 2 is 1.54 bits per heavy atom. The molecule has 0 aliphatic carbocycles. The van der Waals surface area contributed by atoms with Crippen molar-refractivity contribution in [1.82, 2.24) is 9.97 Å². The summed E-state index contributed by atoms with van der Waals surface area (Å²) in [6.45, 7) is 0. The van der Waals surface area contributed by atoms with E-state index in [0.717, 1.165) is 27.9 Å². The van der Waals surface area contributed by atoms with Crippen molar-refractivity contribution >= 4 is 22.6 Å². The zero-order chi connectivity index (χ0) is 16.5. The van der Waals surface area contributed by atoms with Crippen LogP contribution in [0.2, 0.25) is 5.02 Å². The standard InChI is InChI=1S/C20H12ClFN2/c21-15-9-10-18-19(11-15)23-12-20(24-18)14-7-5-13(6-8-14)16-3-1-2-4-17(16)22/h1-12H. The van der Waals surface area contributed by atoms with Crippen LogP contribution in [-0.2, 0) is 0 Å². The van der Waals surface area contributed by atoms with Gasteiger partial charge in [-0.3, -0.25) is 4.98 Å². The van der Waals surface area contributed by atoms with Gasteiger partial charge in [0.05, 0.1) is 22.9 Å². The minimum absolute atomic E-state index is 0.229. The van der Waals surface area contributed by atoms with Crippen LogP contribution in [0, 0.1) is 5.82 Å². The van der Waals surface area contributed by atoms with Gasteiger partial charge in [0.25, 0.3) is 0 Å². The Morgan fingerprint density at radius 1 is 0.792 bits per heavy atom. The number of fused-ring (bicyclic) bond motifs is 1. The van der Waals surface area contributed by atoms with E-state index in [1.807, 2.05) is 36.4 Å². The monoisotopic (exact) mass is 334 g/mol. The second-order valence-electron chi connectivity index (χ2n) is 5.45. The van der Waals surface area contributed by atoms with Crippen LogP contribution in [0.15, 0.2) is 72.9 Å². The number of rotatable bonds is 2. The maximum Gasteiger partial charge on any atom is 0.131 e. The molecule has 3 aromatic carbocycles. The summed E-state index contributed by atoms with van der Waals surface area (Å²) in [5.41, 5.74) is 4.66. The molecule has 0 saturated heterocycles. The van der Waals surface area contributed by atoms with Crippen LogP contribution >= 0.6 is 11.6 Å². The van der Waals surface area contributed by atoms with Crippen LogP contribution < -0.4 is 0 Å². The zero-order valence-electron chi connectivity index (χ0n) is 12.6. The molecule has 0 N–H and O–H groups in total. The minimum Gasteiger partial charge on any atom is -0.252 e. The molecule has 4 aromatic rings. The first-order valence-corrected chi connectivity index (χ1v) is 7.86. The molecule has 0 saturated carbocycles. The van der Waals surface area contributed by atoms with Crippen molar-refractivity contribution < 1.29 is 4.39 Å². The maximum absolute atomic E-state index is 13.9. The molecular formula is C20H12ClFN2. The highest BCUT2D eigenvalue weighted by atomic mass is 35.5. The summed E-state index contributed by atoms with van der Waals surface area (Å²) < 4.78 is 13.9. The Balaban J connectivity index is 1.72. The molecule has 0 bridgehead atoms. The van der Waals surface area contributed by atoms with Gasteiger partial charge in [0, 0.05) is 16.1 Å². The van der Waals surface area contributed by atoms with Crippen molar-refractivity contribution in [1.29, 1.82) is 0 Å². The summed E-state index contributed by atoms with van der Waals surface area (Å²) in [5.74, 6) is -0.229. The second-order valence-corrected chi connectivity index (χ2v) is 5.88. The lowest BCUT2D eigenvalue weighted by Gasteiger charge is -2.06. The molecule has 0 atom stereocenters. The van der Waals surface area contributed by atoms with Gasteiger partial charge in [0.15, 0.2) is 0 Å². The van der Waals surface area contributed by atoms with Crippen molar-refractivity contribution in [3.63, 3.8) is 0 Å². The molecule has 1 heterocycles. The Kier molecular flexibility index (Phi) is 3.71. The molecule has 0 radical (unpaired) electrons. The largest absolute Gasteiger partial charge is 0.252 e. The van der Waals surface area contributed by atoms with Crippen LogP contribution in [-0.4, -0.2) is 9.97 Å². The lowest BCUT2D eigenvalue weighted by atomic mass is 10.0. The molecule has 0 amide bonds. The molecule has 0 spiro atoms. The number of aromatic nitrogens is 2. The topological polar surface area (TPSA) is 25.8 Å². The quantitative estimate of drug-likeness (QED) is 0.466. The van der Waals surface area contributed by atoms with E-state index in [9.17, 15) is 4.39 Å². The Labute approximate surface area is 143 Å².